The van der Waals surface area contributed by atoms with Gasteiger partial charge in [-0.1, -0.05) is 6.92 Å². The van der Waals surface area contributed by atoms with Crippen LogP contribution in [0.4, 0.5) is 0 Å². The van der Waals surface area contributed by atoms with Crippen LogP contribution >= 0.6 is 11.8 Å². The maximum atomic E-state index is 11.0. The van der Waals surface area contributed by atoms with E-state index in [0.29, 0.717) is 11.8 Å². The lowest BCUT2D eigenvalue weighted by atomic mass is 10.3. The van der Waals surface area contributed by atoms with Gasteiger partial charge >= 0.3 is 5.97 Å². The lowest BCUT2D eigenvalue weighted by Gasteiger charge is -2.30. The first-order valence-corrected chi connectivity index (χ1v) is 5.72. The Hall–Kier alpha value is -0.220. The van der Waals surface area contributed by atoms with Crippen molar-refractivity contribution in [1.29, 1.82) is 0 Å². The fourth-order valence-corrected chi connectivity index (χ4v) is 2.67. The molecular weight excluding hydrogens is 186 g/mol. The number of ether oxygens (including phenoxy) is 1. The molecule has 0 radical (unpaired) electrons. The fourth-order valence-electron chi connectivity index (χ4n) is 1.42. The summed E-state index contributed by atoms with van der Waals surface area (Å²) in [6.07, 6.45) is 1.18. The number of methoxy groups -OCH3 is 1. The molecule has 1 unspecified atom stereocenters. The Bertz CT molecular complexity index is 175. The average Bonchev–Trinajstić information content (AvgIpc) is 2.18. The van der Waals surface area contributed by atoms with Crippen molar-refractivity contribution in [3.8, 4) is 0 Å². The lowest BCUT2D eigenvalue weighted by molar-refractivity contribution is -0.141. The second-order valence-corrected chi connectivity index (χ2v) is 4.62. The molecule has 0 aliphatic carbocycles. The van der Waals surface area contributed by atoms with Crippen molar-refractivity contribution in [2.75, 3.05) is 32.5 Å². The van der Waals surface area contributed by atoms with Crippen LogP contribution in [-0.4, -0.2) is 48.6 Å². The molecule has 1 fully saturated rings. The molecule has 1 rings (SSSR count). The number of carbonyl (C=O) groups excluding carboxylic acids is 1. The normalized spacial score (nSPS) is 24.3. The number of nitrogens with zero attached hydrogens (tertiary/aromatic N) is 1. The van der Waals surface area contributed by atoms with Crippen LogP contribution in [0.3, 0.4) is 0 Å². The minimum Gasteiger partial charge on any atom is -0.468 e. The Morgan fingerprint density at radius 2 is 2.46 bits per heavy atom. The molecule has 1 atom stereocenters. The van der Waals surface area contributed by atoms with Crippen LogP contribution in [0.1, 0.15) is 13.3 Å². The molecule has 13 heavy (non-hydrogen) atoms. The highest BCUT2D eigenvalue weighted by Crippen LogP contribution is 2.20. The highest BCUT2D eigenvalue weighted by atomic mass is 32.2. The van der Waals surface area contributed by atoms with Crippen LogP contribution in [0.2, 0.25) is 0 Å². The van der Waals surface area contributed by atoms with Gasteiger partial charge in [-0.2, -0.15) is 11.8 Å². The largest absolute Gasteiger partial charge is 0.468 e. The van der Waals surface area contributed by atoms with Crippen molar-refractivity contribution in [2.24, 2.45) is 0 Å². The molecule has 0 aromatic heterocycles. The van der Waals surface area contributed by atoms with Gasteiger partial charge < -0.3 is 4.74 Å². The molecule has 3 nitrogen and oxygen atoms in total. The van der Waals surface area contributed by atoms with Crippen LogP contribution < -0.4 is 0 Å². The van der Waals surface area contributed by atoms with Crippen molar-refractivity contribution in [3.05, 3.63) is 0 Å². The molecule has 0 bridgehead atoms. The Morgan fingerprint density at radius 1 is 1.69 bits per heavy atom. The van der Waals surface area contributed by atoms with E-state index < -0.39 is 0 Å². The van der Waals surface area contributed by atoms with Crippen molar-refractivity contribution >= 4 is 17.7 Å². The van der Waals surface area contributed by atoms with Gasteiger partial charge in [0.25, 0.3) is 0 Å². The van der Waals surface area contributed by atoms with E-state index in [1.54, 1.807) is 0 Å². The zero-order chi connectivity index (χ0) is 9.68. The predicted molar refractivity (Wildman–Crippen MR) is 55.0 cm³/mol. The summed E-state index contributed by atoms with van der Waals surface area (Å²) in [6.45, 7) is 4.68. The van der Waals surface area contributed by atoms with E-state index in [1.807, 2.05) is 11.8 Å². The fraction of sp³-hybridized carbons (Fsp3) is 0.889. The number of esters is 1. The van der Waals surface area contributed by atoms with Gasteiger partial charge in [-0.05, 0) is 6.42 Å². The molecule has 1 saturated heterocycles. The zero-order valence-electron chi connectivity index (χ0n) is 8.28. The third-order valence-electron chi connectivity index (χ3n) is 2.26. The van der Waals surface area contributed by atoms with E-state index in [1.165, 1.54) is 13.5 Å². The molecule has 1 heterocycles. The van der Waals surface area contributed by atoms with Gasteiger partial charge in [0.15, 0.2) is 0 Å². The molecule has 0 spiro atoms. The Labute approximate surface area is 83.8 Å². The molecule has 0 aromatic carbocycles. The van der Waals surface area contributed by atoms with Gasteiger partial charge in [0, 0.05) is 24.1 Å². The van der Waals surface area contributed by atoms with E-state index in [-0.39, 0.29) is 5.97 Å². The number of rotatable bonds is 3. The standard InChI is InChI=1S/C9H17NO2S/c1-3-8-6-10(4-5-13-8)7-9(11)12-2/h8H,3-7H2,1-2H3. The highest BCUT2D eigenvalue weighted by Gasteiger charge is 2.20. The molecule has 0 amide bonds. The molecule has 1 aliphatic rings. The predicted octanol–water partition coefficient (Wildman–Crippen LogP) is 0.987. The van der Waals surface area contributed by atoms with E-state index in [0.717, 1.165) is 18.8 Å². The molecular formula is C9H17NO2S. The maximum absolute atomic E-state index is 11.0. The van der Waals surface area contributed by atoms with Gasteiger partial charge in [-0.15, -0.1) is 0 Å². The summed E-state index contributed by atoms with van der Waals surface area (Å²) in [5, 5.41) is 0.693. The summed E-state index contributed by atoms with van der Waals surface area (Å²) in [6, 6.07) is 0. The SMILES string of the molecule is CCC1CN(CC(=O)OC)CCS1. The first kappa shape index (κ1) is 10.9. The second-order valence-electron chi connectivity index (χ2n) is 3.21. The smallest absolute Gasteiger partial charge is 0.319 e. The van der Waals surface area contributed by atoms with Crippen LogP contribution in [0.5, 0.6) is 0 Å². The van der Waals surface area contributed by atoms with Gasteiger partial charge in [0.2, 0.25) is 0 Å². The van der Waals surface area contributed by atoms with E-state index in [4.69, 9.17) is 0 Å². The summed E-state index contributed by atoms with van der Waals surface area (Å²) < 4.78 is 4.63. The summed E-state index contributed by atoms with van der Waals surface area (Å²) in [4.78, 5) is 13.2. The monoisotopic (exact) mass is 203 g/mol. The maximum Gasteiger partial charge on any atom is 0.319 e. The lowest BCUT2D eigenvalue weighted by Crippen LogP contribution is -2.40. The van der Waals surface area contributed by atoms with Crippen LogP contribution in [0.25, 0.3) is 0 Å². The first-order valence-electron chi connectivity index (χ1n) is 4.67. The van der Waals surface area contributed by atoms with Gasteiger partial charge in [0.05, 0.1) is 13.7 Å². The summed E-state index contributed by atoms with van der Waals surface area (Å²) in [5.74, 6) is 1.01. The molecule has 76 valence electrons. The average molecular weight is 203 g/mol. The number of hydrogen-bond donors (Lipinski definition) is 0. The molecule has 0 N–H and O–H groups in total. The second kappa shape index (κ2) is 5.50. The number of thioether (sulfide) groups is 1. The van der Waals surface area contributed by atoms with Crippen molar-refractivity contribution < 1.29 is 9.53 Å². The van der Waals surface area contributed by atoms with Crippen LogP contribution in [0.15, 0.2) is 0 Å². The minimum atomic E-state index is -0.123. The third-order valence-corrected chi connectivity index (χ3v) is 3.63. The molecule has 4 heteroatoms. The topological polar surface area (TPSA) is 29.5 Å². The summed E-state index contributed by atoms with van der Waals surface area (Å²) in [7, 11) is 1.44. The molecule has 0 aromatic rings. The van der Waals surface area contributed by atoms with E-state index >= 15 is 0 Å². The van der Waals surface area contributed by atoms with Gasteiger partial charge in [0.1, 0.15) is 0 Å². The van der Waals surface area contributed by atoms with Crippen molar-refractivity contribution in [3.63, 3.8) is 0 Å². The summed E-state index contributed by atoms with van der Waals surface area (Å²) >= 11 is 2.01. The van der Waals surface area contributed by atoms with Gasteiger partial charge in [-0.25, -0.2) is 0 Å². The van der Waals surface area contributed by atoms with Crippen LogP contribution in [-0.2, 0) is 9.53 Å². The first-order chi connectivity index (χ1) is 6.26. The molecule has 1 aliphatic heterocycles. The number of carbonyl (C=O) groups is 1. The summed E-state index contributed by atoms with van der Waals surface area (Å²) in [5.41, 5.74) is 0. The molecule has 0 saturated carbocycles. The Morgan fingerprint density at radius 3 is 3.08 bits per heavy atom. The van der Waals surface area contributed by atoms with Crippen LogP contribution in [0, 0.1) is 0 Å². The Balaban J connectivity index is 2.29. The van der Waals surface area contributed by atoms with E-state index in [9.17, 15) is 4.79 Å². The highest BCUT2D eigenvalue weighted by molar-refractivity contribution is 8.00. The number of hydrogen-bond acceptors (Lipinski definition) is 4. The minimum absolute atomic E-state index is 0.123. The quantitative estimate of drug-likeness (QED) is 0.640. The van der Waals surface area contributed by atoms with Crippen molar-refractivity contribution in [2.45, 2.75) is 18.6 Å². The zero-order valence-corrected chi connectivity index (χ0v) is 9.10. The van der Waals surface area contributed by atoms with Crippen molar-refractivity contribution in [1.82, 2.24) is 4.90 Å². The van der Waals surface area contributed by atoms with Gasteiger partial charge in [-0.3, -0.25) is 9.69 Å². The van der Waals surface area contributed by atoms with E-state index in [2.05, 4.69) is 16.6 Å². The Kier molecular flexibility index (Phi) is 4.59. The third kappa shape index (κ3) is 3.56.